The maximum atomic E-state index is 6.59. The number of nitrogens with one attached hydrogen (secondary N) is 1. The van der Waals surface area contributed by atoms with Gasteiger partial charge < -0.3 is 14.8 Å². The number of rotatable bonds is 13. The van der Waals surface area contributed by atoms with Crippen molar-refractivity contribution in [3.05, 3.63) is 88.4 Å². The molecule has 0 saturated carbocycles. The number of benzene rings is 3. The number of para-hydroxylation sites is 1. The lowest BCUT2D eigenvalue weighted by atomic mass is 10.1. The number of nitrogens with zero attached hydrogens (tertiary/aromatic N) is 4. The number of aromatic nitrogens is 4. The zero-order chi connectivity index (χ0) is 25.2. The Labute approximate surface area is 221 Å². The Morgan fingerprint density at radius 1 is 1.00 bits per heavy atom. The molecule has 0 aliphatic rings. The first-order valence-corrected chi connectivity index (χ1v) is 13.3. The molecule has 9 heteroatoms. The first-order chi connectivity index (χ1) is 17.6. The number of hydrogen-bond acceptors (Lipinski definition) is 7. The van der Waals surface area contributed by atoms with Crippen LogP contribution in [0.5, 0.6) is 11.5 Å². The van der Waals surface area contributed by atoms with E-state index in [0.717, 1.165) is 40.7 Å². The molecule has 7 nitrogen and oxygen atoms in total. The van der Waals surface area contributed by atoms with Crippen molar-refractivity contribution in [1.82, 2.24) is 25.5 Å². The van der Waals surface area contributed by atoms with Gasteiger partial charge in [-0.15, -0.1) is 5.10 Å². The monoisotopic (exact) mass is 523 g/mol. The Morgan fingerprint density at radius 2 is 1.83 bits per heavy atom. The highest BCUT2D eigenvalue weighted by Gasteiger charge is 2.12. The summed E-state index contributed by atoms with van der Waals surface area (Å²) in [6.45, 7) is 6.52. The van der Waals surface area contributed by atoms with Crippen molar-refractivity contribution in [3.8, 4) is 17.2 Å². The SMILES string of the molecule is CCOc1cc(CNCCCSc2nnnn2-c2ccccc2)c(Cl)cc1OCc1cccc(C)c1. The fourth-order valence-electron chi connectivity index (χ4n) is 3.64. The summed E-state index contributed by atoms with van der Waals surface area (Å²) >= 11 is 8.22. The van der Waals surface area contributed by atoms with Gasteiger partial charge in [0.1, 0.15) is 6.61 Å². The van der Waals surface area contributed by atoms with Crippen molar-refractivity contribution in [1.29, 1.82) is 0 Å². The fourth-order valence-corrected chi connectivity index (χ4v) is 4.69. The van der Waals surface area contributed by atoms with E-state index < -0.39 is 0 Å². The highest BCUT2D eigenvalue weighted by molar-refractivity contribution is 7.99. The molecule has 0 spiro atoms. The van der Waals surface area contributed by atoms with Gasteiger partial charge in [0.25, 0.3) is 0 Å². The van der Waals surface area contributed by atoms with Crippen LogP contribution in [0.15, 0.2) is 71.9 Å². The van der Waals surface area contributed by atoms with Crippen LogP contribution in [0.3, 0.4) is 0 Å². The molecule has 0 aliphatic heterocycles. The molecule has 0 radical (unpaired) electrons. The van der Waals surface area contributed by atoms with E-state index in [-0.39, 0.29) is 0 Å². The third-order valence-electron chi connectivity index (χ3n) is 5.38. The van der Waals surface area contributed by atoms with Gasteiger partial charge in [0.15, 0.2) is 11.5 Å². The minimum atomic E-state index is 0.459. The fraction of sp³-hybridized carbons (Fsp3) is 0.296. The zero-order valence-corrected chi connectivity index (χ0v) is 22.1. The lowest BCUT2D eigenvalue weighted by Gasteiger charge is -2.15. The maximum Gasteiger partial charge on any atom is 0.214 e. The van der Waals surface area contributed by atoms with Crippen LogP contribution in [-0.2, 0) is 13.2 Å². The second kappa shape index (κ2) is 13.3. The van der Waals surface area contributed by atoms with Crippen LogP contribution < -0.4 is 14.8 Å². The van der Waals surface area contributed by atoms with Gasteiger partial charge in [-0.05, 0) is 66.6 Å². The summed E-state index contributed by atoms with van der Waals surface area (Å²) in [5.41, 5.74) is 4.24. The molecule has 4 rings (SSSR count). The number of aryl methyl sites for hydroxylation is 1. The summed E-state index contributed by atoms with van der Waals surface area (Å²) in [4.78, 5) is 0. The first kappa shape index (κ1) is 26.0. The largest absolute Gasteiger partial charge is 0.490 e. The molecule has 0 saturated heterocycles. The molecule has 4 aromatic rings. The number of tetrazole rings is 1. The Balaban J connectivity index is 1.26. The summed E-state index contributed by atoms with van der Waals surface area (Å²) < 4.78 is 13.7. The molecule has 3 aromatic carbocycles. The first-order valence-electron chi connectivity index (χ1n) is 11.9. The second-order valence-electron chi connectivity index (χ2n) is 8.19. The highest BCUT2D eigenvalue weighted by Crippen LogP contribution is 2.34. The molecule has 0 aliphatic carbocycles. The molecule has 1 heterocycles. The minimum Gasteiger partial charge on any atom is -0.490 e. The van der Waals surface area contributed by atoms with Crippen molar-refractivity contribution < 1.29 is 9.47 Å². The summed E-state index contributed by atoms with van der Waals surface area (Å²) in [5.74, 6) is 2.25. The van der Waals surface area contributed by atoms with Crippen LogP contribution in [-0.4, -0.2) is 39.1 Å². The van der Waals surface area contributed by atoms with E-state index in [1.807, 2.05) is 61.5 Å². The predicted octanol–water partition coefficient (Wildman–Crippen LogP) is 5.87. The highest BCUT2D eigenvalue weighted by atomic mass is 35.5. The summed E-state index contributed by atoms with van der Waals surface area (Å²) in [6, 6.07) is 22.0. The van der Waals surface area contributed by atoms with Gasteiger partial charge >= 0.3 is 0 Å². The van der Waals surface area contributed by atoms with Crippen LogP contribution in [0.1, 0.15) is 30.0 Å². The van der Waals surface area contributed by atoms with Crippen LogP contribution in [0.25, 0.3) is 5.69 Å². The van der Waals surface area contributed by atoms with E-state index in [1.165, 1.54) is 5.56 Å². The van der Waals surface area contributed by atoms with Gasteiger partial charge in [0.05, 0.1) is 12.3 Å². The maximum absolute atomic E-state index is 6.59. The zero-order valence-electron chi connectivity index (χ0n) is 20.5. The van der Waals surface area contributed by atoms with Crippen LogP contribution >= 0.6 is 23.4 Å². The topological polar surface area (TPSA) is 74.1 Å². The number of thioether (sulfide) groups is 1. The van der Waals surface area contributed by atoms with Crippen molar-refractivity contribution in [2.75, 3.05) is 18.9 Å². The van der Waals surface area contributed by atoms with E-state index in [1.54, 1.807) is 16.4 Å². The number of hydrogen-bond donors (Lipinski definition) is 1. The van der Waals surface area contributed by atoms with E-state index in [4.69, 9.17) is 21.1 Å². The lowest BCUT2D eigenvalue weighted by molar-refractivity contribution is 0.269. The van der Waals surface area contributed by atoms with E-state index in [2.05, 4.69) is 39.9 Å². The minimum absolute atomic E-state index is 0.459. The molecule has 188 valence electrons. The quantitative estimate of drug-likeness (QED) is 0.173. The van der Waals surface area contributed by atoms with Gasteiger partial charge in [-0.2, -0.15) is 4.68 Å². The van der Waals surface area contributed by atoms with Crippen LogP contribution in [0.4, 0.5) is 0 Å². The van der Waals surface area contributed by atoms with Crippen LogP contribution in [0, 0.1) is 6.92 Å². The molecule has 0 amide bonds. The molecule has 0 bridgehead atoms. The molecular formula is C27H30ClN5O2S. The predicted molar refractivity (Wildman–Crippen MR) is 144 cm³/mol. The van der Waals surface area contributed by atoms with E-state index >= 15 is 0 Å². The summed E-state index contributed by atoms with van der Waals surface area (Å²) in [7, 11) is 0. The molecular weight excluding hydrogens is 494 g/mol. The van der Waals surface area contributed by atoms with Gasteiger partial charge in [0, 0.05) is 23.4 Å². The molecule has 36 heavy (non-hydrogen) atoms. The van der Waals surface area contributed by atoms with Crippen molar-refractivity contribution >= 4 is 23.4 Å². The third kappa shape index (κ3) is 7.22. The normalized spacial score (nSPS) is 11.0. The van der Waals surface area contributed by atoms with Gasteiger partial charge in [-0.25, -0.2) is 0 Å². The van der Waals surface area contributed by atoms with Crippen LogP contribution in [0.2, 0.25) is 5.02 Å². The molecule has 1 aromatic heterocycles. The third-order valence-corrected chi connectivity index (χ3v) is 6.73. The smallest absolute Gasteiger partial charge is 0.214 e. The van der Waals surface area contributed by atoms with Gasteiger partial charge in [0.2, 0.25) is 5.16 Å². The van der Waals surface area contributed by atoms with Crippen molar-refractivity contribution in [2.24, 2.45) is 0 Å². The average molecular weight is 524 g/mol. The molecule has 1 N–H and O–H groups in total. The van der Waals surface area contributed by atoms with Gasteiger partial charge in [-0.3, -0.25) is 0 Å². The Kier molecular flexibility index (Phi) is 9.61. The van der Waals surface area contributed by atoms with E-state index in [9.17, 15) is 0 Å². The molecule has 0 unspecified atom stereocenters. The lowest BCUT2D eigenvalue weighted by Crippen LogP contribution is -2.16. The Hall–Kier alpha value is -3.07. The van der Waals surface area contributed by atoms with E-state index in [0.29, 0.717) is 36.3 Å². The summed E-state index contributed by atoms with van der Waals surface area (Å²) in [5, 5.41) is 17.0. The molecule has 0 fully saturated rings. The summed E-state index contributed by atoms with van der Waals surface area (Å²) in [6.07, 6.45) is 0.958. The van der Waals surface area contributed by atoms with Gasteiger partial charge in [-0.1, -0.05) is 71.4 Å². The standard InChI is InChI=1S/C27H30ClN5O2S/c1-3-34-25-16-22(24(28)17-26(25)35-19-21-10-7-9-20(2)15-21)18-29-13-8-14-36-27-30-31-32-33(27)23-11-5-4-6-12-23/h4-7,9-12,15-17,29H,3,8,13-14,18-19H2,1-2H3. The Bertz CT molecular complexity index is 1250. The van der Waals surface area contributed by atoms with Crippen molar-refractivity contribution in [2.45, 2.75) is 38.6 Å². The second-order valence-corrected chi connectivity index (χ2v) is 9.66. The molecule has 0 atom stereocenters. The average Bonchev–Trinajstić information content (AvgIpc) is 3.36. The Morgan fingerprint density at radius 3 is 2.64 bits per heavy atom. The number of halogens is 1. The van der Waals surface area contributed by atoms with Crippen molar-refractivity contribution in [3.63, 3.8) is 0 Å². The number of ether oxygens (including phenoxy) is 2.